The monoisotopic (exact) mass is 325 g/mol. The van der Waals surface area contributed by atoms with Gasteiger partial charge >= 0.3 is 0 Å². The molecule has 0 aromatic carbocycles. The molecule has 9 heteroatoms. The van der Waals surface area contributed by atoms with E-state index < -0.39 is 0 Å². The molecule has 24 heavy (non-hydrogen) atoms. The van der Waals surface area contributed by atoms with Crippen LogP contribution < -0.4 is 5.32 Å². The molecule has 0 saturated carbocycles. The fourth-order valence-corrected chi connectivity index (χ4v) is 2.09. The average molecular weight is 325 g/mol. The molecule has 1 amide bonds. The SMILES string of the molecule is CC(=O)c1ccc(-c2cnn(CC(=O)Nc3cnn(C)n3)c2)nc1. The number of hydrogen-bond donors (Lipinski definition) is 1. The quantitative estimate of drug-likeness (QED) is 0.699. The summed E-state index contributed by atoms with van der Waals surface area (Å²) in [5.74, 6) is 0.0897. The second-order valence-corrected chi connectivity index (χ2v) is 5.18. The van der Waals surface area contributed by atoms with Gasteiger partial charge in [0.1, 0.15) is 6.54 Å². The average Bonchev–Trinajstić information content (AvgIpc) is 3.16. The lowest BCUT2D eigenvalue weighted by Gasteiger charge is -2.01. The lowest BCUT2D eigenvalue weighted by atomic mass is 10.1. The molecule has 0 radical (unpaired) electrons. The first kappa shape index (κ1) is 15.5. The number of hydrogen-bond acceptors (Lipinski definition) is 6. The van der Waals surface area contributed by atoms with Crippen molar-refractivity contribution in [3.05, 3.63) is 42.5 Å². The molecule has 0 aliphatic carbocycles. The van der Waals surface area contributed by atoms with E-state index >= 15 is 0 Å². The van der Waals surface area contributed by atoms with Gasteiger partial charge in [0, 0.05) is 30.6 Å². The molecule has 3 heterocycles. The van der Waals surface area contributed by atoms with Crippen LogP contribution in [-0.4, -0.2) is 41.4 Å². The number of carbonyl (C=O) groups is 2. The predicted molar refractivity (Wildman–Crippen MR) is 85.1 cm³/mol. The highest BCUT2D eigenvalue weighted by Crippen LogP contribution is 2.16. The molecule has 0 fully saturated rings. The molecule has 0 saturated heterocycles. The summed E-state index contributed by atoms with van der Waals surface area (Å²) in [4.78, 5) is 28.8. The number of Topliss-reactive ketones (excluding diaryl/α,β-unsaturated/α-hetero) is 1. The molecule has 9 nitrogen and oxygen atoms in total. The van der Waals surface area contributed by atoms with E-state index in [1.165, 1.54) is 28.8 Å². The van der Waals surface area contributed by atoms with Gasteiger partial charge in [-0.3, -0.25) is 19.3 Å². The zero-order chi connectivity index (χ0) is 17.1. The van der Waals surface area contributed by atoms with Crippen LogP contribution in [0.4, 0.5) is 5.82 Å². The molecular formula is C15H15N7O2. The minimum absolute atomic E-state index is 0.0366. The van der Waals surface area contributed by atoms with E-state index in [0.717, 1.165) is 5.56 Å². The van der Waals surface area contributed by atoms with Gasteiger partial charge in [-0.15, -0.1) is 5.10 Å². The summed E-state index contributed by atoms with van der Waals surface area (Å²) in [6.07, 6.45) is 6.32. The highest BCUT2D eigenvalue weighted by molar-refractivity contribution is 5.94. The zero-order valence-corrected chi connectivity index (χ0v) is 13.2. The molecule has 0 aliphatic rings. The summed E-state index contributed by atoms with van der Waals surface area (Å²) in [7, 11) is 1.67. The van der Waals surface area contributed by atoms with E-state index in [0.29, 0.717) is 17.1 Å². The maximum atomic E-state index is 12.0. The second kappa shape index (κ2) is 6.41. The van der Waals surface area contributed by atoms with Gasteiger partial charge in [-0.2, -0.15) is 15.0 Å². The number of amides is 1. The first-order valence-electron chi connectivity index (χ1n) is 7.17. The van der Waals surface area contributed by atoms with Crippen molar-refractivity contribution in [1.82, 2.24) is 29.8 Å². The molecule has 3 rings (SSSR count). The Morgan fingerprint density at radius 2 is 2.00 bits per heavy atom. The summed E-state index contributed by atoms with van der Waals surface area (Å²) in [5, 5.41) is 14.6. The van der Waals surface area contributed by atoms with Crippen molar-refractivity contribution in [3.8, 4) is 11.3 Å². The number of nitrogens with one attached hydrogen (secondary N) is 1. The van der Waals surface area contributed by atoms with Crippen molar-refractivity contribution in [2.75, 3.05) is 5.32 Å². The normalized spacial score (nSPS) is 10.6. The van der Waals surface area contributed by atoms with Crippen LogP contribution in [0.2, 0.25) is 0 Å². The summed E-state index contributed by atoms with van der Waals surface area (Å²) in [6, 6.07) is 3.46. The Labute approximate surface area is 137 Å². The zero-order valence-electron chi connectivity index (χ0n) is 13.2. The van der Waals surface area contributed by atoms with Crippen molar-refractivity contribution in [3.63, 3.8) is 0 Å². The van der Waals surface area contributed by atoms with Crippen molar-refractivity contribution in [2.24, 2.45) is 7.05 Å². The van der Waals surface area contributed by atoms with Crippen LogP contribution in [0.25, 0.3) is 11.3 Å². The molecule has 3 aromatic heterocycles. The Kier molecular flexibility index (Phi) is 4.15. The predicted octanol–water partition coefficient (Wildman–Crippen LogP) is 0.915. The van der Waals surface area contributed by atoms with Crippen LogP contribution in [0.5, 0.6) is 0 Å². The van der Waals surface area contributed by atoms with Crippen molar-refractivity contribution in [1.29, 1.82) is 0 Å². The Bertz CT molecular complexity index is 879. The number of pyridine rings is 1. The molecule has 1 N–H and O–H groups in total. The summed E-state index contributed by atoms with van der Waals surface area (Å²) >= 11 is 0. The highest BCUT2D eigenvalue weighted by atomic mass is 16.2. The smallest absolute Gasteiger partial charge is 0.247 e. The van der Waals surface area contributed by atoms with E-state index in [2.05, 4.69) is 25.6 Å². The maximum Gasteiger partial charge on any atom is 0.247 e. The van der Waals surface area contributed by atoms with Crippen LogP contribution in [0.3, 0.4) is 0 Å². The van der Waals surface area contributed by atoms with Gasteiger partial charge in [0.2, 0.25) is 5.91 Å². The number of ketones is 1. The fraction of sp³-hybridized carbons (Fsp3) is 0.200. The maximum absolute atomic E-state index is 12.0. The number of rotatable bonds is 5. The molecule has 0 unspecified atom stereocenters. The van der Waals surface area contributed by atoms with Crippen LogP contribution in [0.1, 0.15) is 17.3 Å². The third-order valence-electron chi connectivity index (χ3n) is 3.27. The Hall–Kier alpha value is -3.36. The van der Waals surface area contributed by atoms with E-state index in [9.17, 15) is 9.59 Å². The third-order valence-corrected chi connectivity index (χ3v) is 3.27. The third kappa shape index (κ3) is 3.51. The van der Waals surface area contributed by atoms with Gasteiger partial charge < -0.3 is 5.32 Å². The fourth-order valence-electron chi connectivity index (χ4n) is 2.09. The molecule has 0 bridgehead atoms. The summed E-state index contributed by atoms with van der Waals surface area (Å²) < 4.78 is 1.50. The van der Waals surface area contributed by atoms with Crippen molar-refractivity contribution >= 4 is 17.5 Å². The number of anilines is 1. The van der Waals surface area contributed by atoms with E-state index in [1.54, 1.807) is 31.6 Å². The Morgan fingerprint density at radius 1 is 1.17 bits per heavy atom. The minimum Gasteiger partial charge on any atom is -0.306 e. The highest BCUT2D eigenvalue weighted by Gasteiger charge is 2.09. The van der Waals surface area contributed by atoms with Crippen LogP contribution >= 0.6 is 0 Å². The van der Waals surface area contributed by atoms with E-state index in [1.807, 2.05) is 0 Å². The standard InChI is InChI=1S/C15H15N7O2/c1-10(23)11-3-4-13(16-5-11)12-6-18-22(8-12)9-15(24)19-14-7-17-21(2)20-14/h3-8H,9H2,1-2H3,(H,19,20,24). The number of aromatic nitrogens is 6. The summed E-state index contributed by atoms with van der Waals surface area (Å²) in [5.41, 5.74) is 1.99. The van der Waals surface area contributed by atoms with Gasteiger partial charge in [0.25, 0.3) is 0 Å². The van der Waals surface area contributed by atoms with Crippen LogP contribution in [0.15, 0.2) is 36.9 Å². The molecule has 0 atom stereocenters. The largest absolute Gasteiger partial charge is 0.306 e. The second-order valence-electron chi connectivity index (χ2n) is 5.18. The van der Waals surface area contributed by atoms with Crippen molar-refractivity contribution in [2.45, 2.75) is 13.5 Å². The van der Waals surface area contributed by atoms with E-state index in [4.69, 9.17) is 0 Å². The van der Waals surface area contributed by atoms with Gasteiger partial charge in [0.05, 0.1) is 18.1 Å². The number of carbonyl (C=O) groups excluding carboxylic acids is 2. The minimum atomic E-state index is -0.259. The summed E-state index contributed by atoms with van der Waals surface area (Å²) in [6.45, 7) is 1.53. The van der Waals surface area contributed by atoms with Gasteiger partial charge in [-0.05, 0) is 19.1 Å². The van der Waals surface area contributed by atoms with Crippen LogP contribution in [-0.2, 0) is 18.4 Å². The number of aryl methyl sites for hydroxylation is 1. The van der Waals surface area contributed by atoms with E-state index in [-0.39, 0.29) is 18.2 Å². The lowest BCUT2D eigenvalue weighted by Crippen LogP contribution is -2.19. The van der Waals surface area contributed by atoms with Crippen LogP contribution in [0, 0.1) is 0 Å². The topological polar surface area (TPSA) is 108 Å². The van der Waals surface area contributed by atoms with Gasteiger partial charge in [-0.1, -0.05) is 0 Å². The first-order valence-corrected chi connectivity index (χ1v) is 7.17. The van der Waals surface area contributed by atoms with Crippen molar-refractivity contribution < 1.29 is 9.59 Å². The van der Waals surface area contributed by atoms with Gasteiger partial charge in [-0.25, -0.2) is 0 Å². The first-order chi connectivity index (χ1) is 11.5. The molecular weight excluding hydrogens is 310 g/mol. The lowest BCUT2D eigenvalue weighted by molar-refractivity contribution is -0.116. The molecule has 122 valence electrons. The Morgan fingerprint density at radius 3 is 2.62 bits per heavy atom. The molecule has 0 spiro atoms. The Balaban J connectivity index is 1.66. The number of nitrogens with zero attached hydrogens (tertiary/aromatic N) is 6. The molecule has 3 aromatic rings. The molecule has 0 aliphatic heterocycles. The van der Waals surface area contributed by atoms with Gasteiger partial charge in [0.15, 0.2) is 11.6 Å².